The monoisotopic (exact) mass is 244 g/mol. The van der Waals surface area contributed by atoms with Gasteiger partial charge < -0.3 is 15.2 Å². The fourth-order valence-corrected chi connectivity index (χ4v) is 2.02. The molecule has 0 spiro atoms. The number of hydrogen-bond donors (Lipinski definition) is 2. The number of carbonyl (C=O) groups is 1. The fourth-order valence-electron chi connectivity index (χ4n) is 2.02. The summed E-state index contributed by atoms with van der Waals surface area (Å²) in [5, 5.41) is 12.2. The van der Waals surface area contributed by atoms with Crippen molar-refractivity contribution in [1.29, 1.82) is 0 Å². The van der Waals surface area contributed by atoms with E-state index in [0.717, 1.165) is 39.3 Å². The second-order valence-corrected chi connectivity index (χ2v) is 4.59. The van der Waals surface area contributed by atoms with E-state index in [0.29, 0.717) is 12.5 Å². The molecule has 100 valence electrons. The molecule has 2 N–H and O–H groups in total. The van der Waals surface area contributed by atoms with Gasteiger partial charge >= 0.3 is 5.97 Å². The van der Waals surface area contributed by atoms with Crippen LogP contribution in [0.3, 0.4) is 0 Å². The van der Waals surface area contributed by atoms with E-state index in [1.807, 2.05) is 6.92 Å². The molecule has 0 radical (unpaired) electrons. The van der Waals surface area contributed by atoms with Gasteiger partial charge in [0.2, 0.25) is 0 Å². The lowest BCUT2D eigenvalue weighted by molar-refractivity contribution is -0.139. The molecule has 0 aromatic rings. The predicted octanol–water partition coefficient (Wildman–Crippen LogP) is 0.550. The summed E-state index contributed by atoms with van der Waals surface area (Å²) in [6.07, 6.45) is 1.61. The molecule has 1 saturated heterocycles. The molecule has 1 aliphatic rings. The third kappa shape index (κ3) is 5.02. The molecule has 0 aliphatic carbocycles. The van der Waals surface area contributed by atoms with E-state index in [1.165, 1.54) is 0 Å². The minimum absolute atomic E-state index is 0.393. The zero-order chi connectivity index (χ0) is 12.7. The molecule has 1 fully saturated rings. The van der Waals surface area contributed by atoms with Gasteiger partial charge in [-0.15, -0.1) is 0 Å². The van der Waals surface area contributed by atoms with Gasteiger partial charge in [-0.1, -0.05) is 6.92 Å². The number of aliphatic carboxylic acids is 1. The van der Waals surface area contributed by atoms with Crippen molar-refractivity contribution in [2.75, 3.05) is 32.8 Å². The largest absolute Gasteiger partial charge is 0.480 e. The second-order valence-electron chi connectivity index (χ2n) is 4.59. The lowest BCUT2D eigenvalue weighted by Crippen LogP contribution is -2.47. The molecule has 1 heterocycles. The van der Waals surface area contributed by atoms with Crippen LogP contribution in [0.4, 0.5) is 0 Å². The molecule has 5 heteroatoms. The maximum absolute atomic E-state index is 11.1. The van der Waals surface area contributed by atoms with Gasteiger partial charge in [-0.2, -0.15) is 0 Å². The van der Waals surface area contributed by atoms with Crippen LogP contribution in [-0.4, -0.2) is 60.9 Å². The third-order valence-corrected chi connectivity index (χ3v) is 3.15. The van der Waals surface area contributed by atoms with Crippen molar-refractivity contribution in [1.82, 2.24) is 10.2 Å². The summed E-state index contributed by atoms with van der Waals surface area (Å²) < 4.78 is 5.36. The van der Waals surface area contributed by atoms with Gasteiger partial charge in [0.25, 0.3) is 0 Å². The number of carboxylic acids is 1. The Kier molecular flexibility index (Phi) is 6.47. The molecule has 1 aliphatic heterocycles. The molecule has 0 amide bonds. The number of nitrogens with one attached hydrogen (secondary N) is 1. The number of carboxylic acid groups (broad SMARTS) is 1. The molecular formula is C12H24N2O3. The molecule has 0 bridgehead atoms. The smallest absolute Gasteiger partial charge is 0.320 e. The Morgan fingerprint density at radius 1 is 1.65 bits per heavy atom. The van der Waals surface area contributed by atoms with Crippen molar-refractivity contribution in [2.45, 2.75) is 38.8 Å². The summed E-state index contributed by atoms with van der Waals surface area (Å²) in [6, 6.07) is -0.0330. The number of ether oxygens (including phenoxy) is 1. The van der Waals surface area contributed by atoms with Crippen LogP contribution in [0.25, 0.3) is 0 Å². The topological polar surface area (TPSA) is 61.8 Å². The Morgan fingerprint density at radius 2 is 2.41 bits per heavy atom. The van der Waals surface area contributed by atoms with Crippen LogP contribution in [0.2, 0.25) is 0 Å². The van der Waals surface area contributed by atoms with Crippen LogP contribution in [-0.2, 0) is 9.53 Å². The predicted molar refractivity (Wildman–Crippen MR) is 66.2 cm³/mol. The summed E-state index contributed by atoms with van der Waals surface area (Å²) in [7, 11) is 0. The normalized spacial score (nSPS) is 23.5. The highest BCUT2D eigenvalue weighted by Crippen LogP contribution is 2.07. The van der Waals surface area contributed by atoms with Crippen molar-refractivity contribution in [3.63, 3.8) is 0 Å². The number of hydrogen-bond acceptors (Lipinski definition) is 4. The Bertz CT molecular complexity index is 236. The first-order valence-electron chi connectivity index (χ1n) is 6.43. The van der Waals surface area contributed by atoms with Crippen LogP contribution >= 0.6 is 0 Å². The fraction of sp³-hybridized carbons (Fsp3) is 0.917. The number of rotatable bonds is 7. The first-order valence-corrected chi connectivity index (χ1v) is 6.43. The number of nitrogens with zero attached hydrogens (tertiary/aromatic N) is 1. The van der Waals surface area contributed by atoms with Crippen LogP contribution in [0.15, 0.2) is 0 Å². The lowest BCUT2D eigenvalue weighted by atomic mass is 10.1. The van der Waals surface area contributed by atoms with Crippen molar-refractivity contribution in [3.05, 3.63) is 0 Å². The Labute approximate surface area is 103 Å². The molecule has 0 aromatic heterocycles. The average Bonchev–Trinajstić information content (AvgIpc) is 2.31. The van der Waals surface area contributed by atoms with Gasteiger partial charge in [0.05, 0.1) is 13.2 Å². The van der Waals surface area contributed by atoms with Crippen LogP contribution in [0.1, 0.15) is 26.7 Å². The maximum atomic E-state index is 11.1. The molecule has 2 atom stereocenters. The van der Waals surface area contributed by atoms with Crippen molar-refractivity contribution < 1.29 is 14.6 Å². The van der Waals surface area contributed by atoms with Gasteiger partial charge in [-0.05, 0) is 26.3 Å². The van der Waals surface area contributed by atoms with Crippen molar-refractivity contribution in [2.24, 2.45) is 0 Å². The quantitative estimate of drug-likeness (QED) is 0.685. The summed E-state index contributed by atoms with van der Waals surface area (Å²) in [5.41, 5.74) is 0. The first-order chi connectivity index (χ1) is 8.15. The highest BCUT2D eigenvalue weighted by Gasteiger charge is 2.22. The van der Waals surface area contributed by atoms with E-state index in [2.05, 4.69) is 17.1 Å². The first kappa shape index (κ1) is 14.4. The van der Waals surface area contributed by atoms with Gasteiger partial charge in [-0.25, -0.2) is 0 Å². The summed E-state index contributed by atoms with van der Waals surface area (Å²) in [4.78, 5) is 13.4. The second kappa shape index (κ2) is 7.63. The van der Waals surface area contributed by atoms with Gasteiger partial charge in [0.15, 0.2) is 0 Å². The van der Waals surface area contributed by atoms with Crippen LogP contribution < -0.4 is 5.32 Å². The molecule has 0 aromatic carbocycles. The molecular weight excluding hydrogens is 220 g/mol. The lowest BCUT2D eigenvalue weighted by Gasteiger charge is -2.33. The molecule has 0 saturated carbocycles. The van der Waals surface area contributed by atoms with Gasteiger partial charge in [-0.3, -0.25) is 9.69 Å². The highest BCUT2D eigenvalue weighted by molar-refractivity contribution is 5.73. The summed E-state index contributed by atoms with van der Waals surface area (Å²) >= 11 is 0. The van der Waals surface area contributed by atoms with Crippen LogP contribution in [0.5, 0.6) is 0 Å². The SMILES string of the molecule is CCCNC(CCN1CCOCC1C)C(=O)O. The van der Waals surface area contributed by atoms with E-state index in [1.54, 1.807) is 0 Å². The third-order valence-electron chi connectivity index (χ3n) is 3.15. The molecule has 1 rings (SSSR count). The molecule has 5 nitrogen and oxygen atoms in total. The zero-order valence-corrected chi connectivity index (χ0v) is 10.8. The van der Waals surface area contributed by atoms with E-state index < -0.39 is 12.0 Å². The number of morpholine rings is 1. The molecule has 2 unspecified atom stereocenters. The van der Waals surface area contributed by atoms with Crippen molar-refractivity contribution >= 4 is 5.97 Å². The Balaban J connectivity index is 2.31. The molecule has 17 heavy (non-hydrogen) atoms. The standard InChI is InChI=1S/C12H24N2O3/c1-3-5-13-11(12(15)16)4-6-14-7-8-17-9-10(14)2/h10-11,13H,3-9H2,1-2H3,(H,15,16). The van der Waals surface area contributed by atoms with E-state index in [4.69, 9.17) is 9.84 Å². The minimum atomic E-state index is -0.751. The Hall–Kier alpha value is -0.650. The summed E-state index contributed by atoms with van der Waals surface area (Å²) in [5.74, 6) is -0.751. The van der Waals surface area contributed by atoms with Crippen LogP contribution in [0, 0.1) is 0 Å². The van der Waals surface area contributed by atoms with E-state index in [9.17, 15) is 4.79 Å². The zero-order valence-electron chi connectivity index (χ0n) is 10.8. The minimum Gasteiger partial charge on any atom is -0.480 e. The van der Waals surface area contributed by atoms with E-state index in [-0.39, 0.29) is 0 Å². The van der Waals surface area contributed by atoms with E-state index >= 15 is 0 Å². The average molecular weight is 244 g/mol. The summed E-state index contributed by atoms with van der Waals surface area (Å²) in [6.45, 7) is 8.14. The Morgan fingerprint density at radius 3 is 3.00 bits per heavy atom. The van der Waals surface area contributed by atoms with Gasteiger partial charge in [0, 0.05) is 19.1 Å². The van der Waals surface area contributed by atoms with Gasteiger partial charge in [0.1, 0.15) is 6.04 Å². The van der Waals surface area contributed by atoms with Crippen molar-refractivity contribution in [3.8, 4) is 0 Å². The highest BCUT2D eigenvalue weighted by atomic mass is 16.5. The maximum Gasteiger partial charge on any atom is 0.320 e.